The summed E-state index contributed by atoms with van der Waals surface area (Å²) < 4.78 is 0. The number of imide groups is 1. The lowest BCUT2D eigenvalue weighted by molar-refractivity contribution is -0.138. The molecular weight excluding hydrogens is 270 g/mol. The van der Waals surface area contributed by atoms with Crippen LogP contribution in [-0.2, 0) is 14.4 Å². The number of benzene rings is 1. The van der Waals surface area contributed by atoms with Gasteiger partial charge in [-0.2, -0.15) is 0 Å². The Kier molecular flexibility index (Phi) is 4.57. The normalized spacial score (nSPS) is 14.6. The van der Waals surface area contributed by atoms with Gasteiger partial charge in [-0.3, -0.25) is 19.3 Å². The van der Waals surface area contributed by atoms with E-state index in [1.165, 1.54) is 4.90 Å². The van der Waals surface area contributed by atoms with Crippen LogP contribution in [0.1, 0.15) is 31.2 Å². The predicted octanol–water partition coefficient (Wildman–Crippen LogP) is 1.44. The molecule has 0 unspecified atom stereocenters. The third-order valence-corrected chi connectivity index (χ3v) is 3.48. The number of carbonyl (C=O) groups is 3. The quantitative estimate of drug-likeness (QED) is 0.633. The number of nitrogens with zero attached hydrogens (tertiary/aromatic N) is 1. The molecule has 6 heteroatoms. The van der Waals surface area contributed by atoms with Crippen LogP contribution < -0.4 is 11.1 Å². The van der Waals surface area contributed by atoms with Crippen LogP contribution in [0, 0.1) is 6.92 Å². The molecule has 1 heterocycles. The fraction of sp³-hybridized carbons (Fsp3) is 0.400. The van der Waals surface area contributed by atoms with Crippen molar-refractivity contribution in [1.29, 1.82) is 0 Å². The minimum atomic E-state index is -0.150. The number of nitrogen functional groups attached to an aromatic ring is 1. The first kappa shape index (κ1) is 15.0. The topological polar surface area (TPSA) is 92.5 Å². The van der Waals surface area contributed by atoms with Crippen molar-refractivity contribution >= 4 is 29.1 Å². The molecule has 6 nitrogen and oxygen atoms in total. The predicted molar refractivity (Wildman–Crippen MR) is 79.4 cm³/mol. The van der Waals surface area contributed by atoms with Gasteiger partial charge in [-0.05, 0) is 31.0 Å². The van der Waals surface area contributed by atoms with Gasteiger partial charge in [0.15, 0.2) is 0 Å². The zero-order valence-corrected chi connectivity index (χ0v) is 12.0. The number of nitrogens with two attached hydrogens (primary N) is 1. The summed E-state index contributed by atoms with van der Waals surface area (Å²) in [5, 5.41) is 2.79. The van der Waals surface area contributed by atoms with E-state index in [1.54, 1.807) is 12.1 Å². The van der Waals surface area contributed by atoms with Crippen molar-refractivity contribution in [3.8, 4) is 0 Å². The molecule has 21 heavy (non-hydrogen) atoms. The molecule has 0 bridgehead atoms. The highest BCUT2D eigenvalue weighted by molar-refractivity contribution is 6.02. The number of rotatable bonds is 5. The van der Waals surface area contributed by atoms with Gasteiger partial charge in [-0.1, -0.05) is 6.07 Å². The number of hydrogen-bond acceptors (Lipinski definition) is 4. The van der Waals surface area contributed by atoms with Gasteiger partial charge in [-0.15, -0.1) is 0 Å². The average molecular weight is 289 g/mol. The lowest BCUT2D eigenvalue weighted by atomic mass is 10.1. The fourth-order valence-corrected chi connectivity index (χ4v) is 2.26. The van der Waals surface area contributed by atoms with Gasteiger partial charge < -0.3 is 11.1 Å². The van der Waals surface area contributed by atoms with E-state index in [4.69, 9.17) is 5.73 Å². The lowest BCUT2D eigenvalue weighted by Crippen LogP contribution is -2.30. The molecule has 3 N–H and O–H groups in total. The summed E-state index contributed by atoms with van der Waals surface area (Å²) >= 11 is 0. The second kappa shape index (κ2) is 6.39. The van der Waals surface area contributed by atoms with Gasteiger partial charge in [0.1, 0.15) is 0 Å². The zero-order chi connectivity index (χ0) is 15.4. The number of hydrogen-bond donors (Lipinski definition) is 2. The highest BCUT2D eigenvalue weighted by atomic mass is 16.2. The molecule has 0 aromatic heterocycles. The van der Waals surface area contributed by atoms with Crippen LogP contribution in [0.4, 0.5) is 11.4 Å². The Bertz CT molecular complexity index is 568. The van der Waals surface area contributed by atoms with Crippen molar-refractivity contribution in [3.05, 3.63) is 23.8 Å². The number of carbonyl (C=O) groups excluding carboxylic acids is 3. The van der Waals surface area contributed by atoms with Crippen LogP contribution in [-0.4, -0.2) is 29.2 Å². The van der Waals surface area contributed by atoms with Crippen LogP contribution in [0.25, 0.3) is 0 Å². The van der Waals surface area contributed by atoms with E-state index in [-0.39, 0.29) is 37.0 Å². The molecule has 1 aromatic carbocycles. The third kappa shape index (κ3) is 3.81. The van der Waals surface area contributed by atoms with Gasteiger partial charge in [-0.25, -0.2) is 0 Å². The van der Waals surface area contributed by atoms with Crippen LogP contribution in [0.3, 0.4) is 0 Å². The van der Waals surface area contributed by atoms with E-state index in [9.17, 15) is 14.4 Å². The molecule has 0 atom stereocenters. The van der Waals surface area contributed by atoms with E-state index in [2.05, 4.69) is 5.32 Å². The number of anilines is 2. The second-order valence-corrected chi connectivity index (χ2v) is 5.17. The number of nitrogens with one attached hydrogen (secondary N) is 1. The molecule has 1 fully saturated rings. The van der Waals surface area contributed by atoms with Crippen molar-refractivity contribution in [1.82, 2.24) is 4.90 Å². The third-order valence-electron chi connectivity index (χ3n) is 3.48. The molecule has 0 spiro atoms. The minimum absolute atomic E-state index is 0.146. The van der Waals surface area contributed by atoms with Gasteiger partial charge >= 0.3 is 0 Å². The summed E-state index contributed by atoms with van der Waals surface area (Å²) in [6.45, 7) is 2.19. The molecule has 1 saturated heterocycles. The van der Waals surface area contributed by atoms with E-state index >= 15 is 0 Å². The largest absolute Gasteiger partial charge is 0.399 e. The monoisotopic (exact) mass is 289 g/mol. The molecule has 3 amide bonds. The van der Waals surface area contributed by atoms with E-state index in [1.807, 2.05) is 13.0 Å². The molecule has 0 saturated carbocycles. The molecule has 0 aliphatic carbocycles. The summed E-state index contributed by atoms with van der Waals surface area (Å²) in [6, 6.07) is 5.32. The van der Waals surface area contributed by atoms with Crippen molar-refractivity contribution in [2.24, 2.45) is 0 Å². The van der Waals surface area contributed by atoms with Gasteiger partial charge in [0, 0.05) is 37.2 Å². The van der Waals surface area contributed by atoms with Crippen LogP contribution in [0.5, 0.6) is 0 Å². The zero-order valence-electron chi connectivity index (χ0n) is 12.0. The molecular formula is C15H19N3O3. The van der Waals surface area contributed by atoms with E-state index in [0.29, 0.717) is 24.3 Å². The summed E-state index contributed by atoms with van der Waals surface area (Å²) in [5.74, 6) is -0.443. The summed E-state index contributed by atoms with van der Waals surface area (Å²) in [5.41, 5.74) is 7.89. The number of likely N-dealkylation sites (tertiary alicyclic amines) is 1. The summed E-state index contributed by atoms with van der Waals surface area (Å²) in [4.78, 5) is 36.0. The molecule has 112 valence electrons. The smallest absolute Gasteiger partial charge is 0.229 e. The average Bonchev–Trinajstić information content (AvgIpc) is 2.74. The first-order valence-electron chi connectivity index (χ1n) is 6.96. The Labute approximate surface area is 123 Å². The van der Waals surface area contributed by atoms with E-state index in [0.717, 1.165) is 5.56 Å². The van der Waals surface area contributed by atoms with Crippen LogP contribution in [0.15, 0.2) is 18.2 Å². The Morgan fingerprint density at radius 2 is 1.95 bits per heavy atom. The molecule has 0 radical (unpaired) electrons. The maximum absolute atomic E-state index is 11.9. The molecule has 1 aliphatic heterocycles. The van der Waals surface area contributed by atoms with Gasteiger partial charge in [0.05, 0.1) is 0 Å². The van der Waals surface area contributed by atoms with Gasteiger partial charge in [0.25, 0.3) is 0 Å². The van der Waals surface area contributed by atoms with Crippen LogP contribution >= 0.6 is 0 Å². The number of aryl methyl sites for hydroxylation is 1. The van der Waals surface area contributed by atoms with Gasteiger partial charge in [0.2, 0.25) is 17.7 Å². The minimum Gasteiger partial charge on any atom is -0.399 e. The standard InChI is InChI=1S/C15H19N3O3/c1-10-4-5-11(16)9-12(10)17-13(19)3-2-8-18-14(20)6-7-15(18)21/h4-5,9H,2-3,6-8,16H2,1H3,(H,17,19). The fourth-order valence-electron chi connectivity index (χ4n) is 2.26. The summed E-state index contributed by atoms with van der Waals surface area (Å²) in [6.07, 6.45) is 1.29. The molecule has 1 aromatic rings. The first-order valence-corrected chi connectivity index (χ1v) is 6.96. The van der Waals surface area contributed by atoms with E-state index < -0.39 is 0 Å². The maximum atomic E-state index is 11.9. The SMILES string of the molecule is Cc1ccc(N)cc1NC(=O)CCCN1C(=O)CCC1=O. The van der Waals surface area contributed by atoms with Crippen LogP contribution in [0.2, 0.25) is 0 Å². The maximum Gasteiger partial charge on any atom is 0.229 e. The van der Waals surface area contributed by atoms with Crippen molar-refractivity contribution in [2.75, 3.05) is 17.6 Å². The Hall–Kier alpha value is -2.37. The summed E-state index contributed by atoms with van der Waals surface area (Å²) in [7, 11) is 0. The Balaban J connectivity index is 1.81. The van der Waals surface area contributed by atoms with Crippen molar-refractivity contribution in [3.63, 3.8) is 0 Å². The first-order chi connectivity index (χ1) is 9.97. The Morgan fingerprint density at radius 1 is 1.29 bits per heavy atom. The lowest BCUT2D eigenvalue weighted by Gasteiger charge is -2.13. The molecule has 1 aliphatic rings. The Morgan fingerprint density at radius 3 is 2.62 bits per heavy atom. The van der Waals surface area contributed by atoms with Crippen molar-refractivity contribution < 1.29 is 14.4 Å². The second-order valence-electron chi connectivity index (χ2n) is 5.17. The number of amides is 3. The van der Waals surface area contributed by atoms with Crippen molar-refractivity contribution in [2.45, 2.75) is 32.6 Å². The highest BCUT2D eigenvalue weighted by Crippen LogP contribution is 2.18. The molecule has 2 rings (SSSR count). The highest BCUT2D eigenvalue weighted by Gasteiger charge is 2.28.